The second-order valence-electron chi connectivity index (χ2n) is 15.5. The van der Waals surface area contributed by atoms with E-state index in [1.54, 1.807) is 0 Å². The molecule has 69 heavy (non-hydrogen) atoms. The average Bonchev–Trinajstić information content (AvgIpc) is 3.35. The Morgan fingerprint density at radius 2 is 0.638 bits per heavy atom. The average molecular weight is 939 g/mol. The van der Waals surface area contributed by atoms with E-state index < -0.39 is 18.0 Å². The van der Waals surface area contributed by atoms with E-state index in [0.29, 0.717) is 25.7 Å². The zero-order valence-corrected chi connectivity index (χ0v) is 42.5. The molecule has 0 aromatic heterocycles. The van der Waals surface area contributed by atoms with Crippen LogP contribution in [0.3, 0.4) is 0 Å². The van der Waals surface area contributed by atoms with Gasteiger partial charge in [-0.2, -0.15) is 0 Å². The molecule has 1 atom stereocenters. The highest BCUT2D eigenvalue weighted by atomic mass is 16.6. The molecule has 0 aliphatic carbocycles. The number of unbranched alkanes of at least 4 members (excludes halogenated alkanes) is 4. The topological polar surface area (TPSA) is 78.9 Å². The van der Waals surface area contributed by atoms with Crippen LogP contribution < -0.4 is 0 Å². The van der Waals surface area contributed by atoms with Crippen LogP contribution in [0.2, 0.25) is 0 Å². The van der Waals surface area contributed by atoms with Crippen LogP contribution >= 0.6 is 0 Å². The van der Waals surface area contributed by atoms with Crippen molar-refractivity contribution in [2.24, 2.45) is 0 Å². The maximum absolute atomic E-state index is 12.8. The summed E-state index contributed by atoms with van der Waals surface area (Å²) in [4.78, 5) is 37.9. The molecule has 0 aliphatic heterocycles. The Balaban J connectivity index is 4.76. The summed E-state index contributed by atoms with van der Waals surface area (Å²) in [5, 5.41) is 0. The standard InChI is InChI=1S/C63H86O6/c1-4-7-10-13-16-19-22-25-27-29-31-33-35-38-41-44-47-50-53-56-62(65)68-59-60(58-67-61(64)55-52-49-46-43-40-37-24-21-18-15-12-9-6-3)69-63(66)57-54-51-48-45-42-39-36-34-32-30-28-26-23-20-17-14-11-8-5-2/h7-13,15-22,24-29,31-35,37-43,46,48,51,60H,4-6,14,23,30,36,44-45,47,49-50,52-59H2,1-3H3/b10-7+,11-8+,12-9+,16-13+,18-15+,20-17+,22-19+,24-21+,27-25+,28-26+,31-29+,34-32+,35-33+,40-37+,41-38+,42-39+,46-43+,51-48+. The first-order chi connectivity index (χ1) is 34.0. The molecule has 0 saturated heterocycles. The van der Waals surface area contributed by atoms with Gasteiger partial charge in [-0.25, -0.2) is 0 Å². The number of hydrogen-bond acceptors (Lipinski definition) is 6. The van der Waals surface area contributed by atoms with Crippen LogP contribution in [0, 0.1) is 0 Å². The van der Waals surface area contributed by atoms with E-state index in [1.165, 1.54) is 0 Å². The van der Waals surface area contributed by atoms with Gasteiger partial charge in [0.05, 0.1) is 0 Å². The quantitative estimate of drug-likeness (QED) is 0.0200. The van der Waals surface area contributed by atoms with Gasteiger partial charge >= 0.3 is 17.9 Å². The Kier molecular flexibility index (Phi) is 49.4. The van der Waals surface area contributed by atoms with Crippen molar-refractivity contribution in [3.8, 4) is 0 Å². The van der Waals surface area contributed by atoms with E-state index in [9.17, 15) is 14.4 Å². The molecule has 0 saturated carbocycles. The normalized spacial score (nSPS) is 14.0. The van der Waals surface area contributed by atoms with Crippen LogP contribution in [-0.4, -0.2) is 37.2 Å². The van der Waals surface area contributed by atoms with Gasteiger partial charge in [0.25, 0.3) is 0 Å². The summed E-state index contributed by atoms with van der Waals surface area (Å²) < 4.78 is 16.6. The molecule has 0 bridgehead atoms. The lowest BCUT2D eigenvalue weighted by atomic mass is 10.1. The fraction of sp³-hybridized carbons (Fsp3) is 0.381. The van der Waals surface area contributed by atoms with E-state index in [1.807, 2.05) is 140 Å². The summed E-state index contributed by atoms with van der Waals surface area (Å²) in [6, 6.07) is 0. The molecule has 0 rings (SSSR count). The first-order valence-corrected chi connectivity index (χ1v) is 25.4. The van der Waals surface area contributed by atoms with Gasteiger partial charge in [-0.3, -0.25) is 14.4 Å². The van der Waals surface area contributed by atoms with E-state index in [0.717, 1.165) is 70.6 Å². The molecule has 6 heteroatoms. The van der Waals surface area contributed by atoms with Crippen LogP contribution in [0.5, 0.6) is 0 Å². The SMILES string of the molecule is CC/C=C/C=C/C=C/C=C/C=C/C=C/C=C/CCCCCC(=O)OCC(COC(=O)CCC/C=C/C=C/C=C/C=C/C=C/CC)OC(=O)CC/C=C/C/C=C/C/C=C/C/C=C/C/C=C/C/C=C/CC. The van der Waals surface area contributed by atoms with Gasteiger partial charge < -0.3 is 14.2 Å². The third kappa shape index (κ3) is 52.6. The van der Waals surface area contributed by atoms with Crippen LogP contribution in [0.15, 0.2) is 219 Å². The van der Waals surface area contributed by atoms with E-state index in [2.05, 4.69) is 99.8 Å². The molecular formula is C63H86O6. The van der Waals surface area contributed by atoms with Crippen molar-refractivity contribution in [3.63, 3.8) is 0 Å². The van der Waals surface area contributed by atoms with Gasteiger partial charge in [0.15, 0.2) is 6.10 Å². The predicted octanol–water partition coefficient (Wildman–Crippen LogP) is 17.1. The first-order valence-electron chi connectivity index (χ1n) is 25.4. The second kappa shape index (κ2) is 54.3. The summed E-state index contributed by atoms with van der Waals surface area (Å²) in [5.41, 5.74) is 0. The van der Waals surface area contributed by atoms with Crippen LogP contribution in [0.1, 0.15) is 136 Å². The Labute approximate surface area is 419 Å². The van der Waals surface area contributed by atoms with Gasteiger partial charge in [0, 0.05) is 19.3 Å². The highest BCUT2D eigenvalue weighted by Gasteiger charge is 2.19. The third-order valence-electron chi connectivity index (χ3n) is 9.29. The number of esters is 3. The smallest absolute Gasteiger partial charge is 0.306 e. The molecule has 1 unspecified atom stereocenters. The highest BCUT2D eigenvalue weighted by Crippen LogP contribution is 2.09. The Hall–Kier alpha value is -6.27. The van der Waals surface area contributed by atoms with Gasteiger partial charge in [0.2, 0.25) is 0 Å². The number of hydrogen-bond donors (Lipinski definition) is 0. The zero-order chi connectivity index (χ0) is 50.0. The largest absolute Gasteiger partial charge is 0.462 e. The number of carbonyl (C=O) groups excluding carboxylic acids is 3. The van der Waals surface area contributed by atoms with Gasteiger partial charge in [0.1, 0.15) is 13.2 Å². The van der Waals surface area contributed by atoms with Crippen molar-refractivity contribution in [3.05, 3.63) is 219 Å². The maximum atomic E-state index is 12.8. The minimum absolute atomic E-state index is 0.163. The van der Waals surface area contributed by atoms with Crippen LogP contribution in [0.4, 0.5) is 0 Å². The van der Waals surface area contributed by atoms with Crippen LogP contribution in [0.25, 0.3) is 0 Å². The Morgan fingerprint density at radius 1 is 0.304 bits per heavy atom. The molecule has 0 aromatic carbocycles. The summed E-state index contributed by atoms with van der Waals surface area (Å²) >= 11 is 0. The predicted molar refractivity (Wildman–Crippen MR) is 296 cm³/mol. The molecule has 0 aromatic rings. The van der Waals surface area contributed by atoms with Crippen molar-refractivity contribution < 1.29 is 28.6 Å². The van der Waals surface area contributed by atoms with Gasteiger partial charge in [-0.05, 0) is 89.9 Å². The molecule has 0 heterocycles. The first kappa shape index (κ1) is 62.7. The molecule has 0 fully saturated rings. The summed E-state index contributed by atoms with van der Waals surface area (Å²) in [5.74, 6) is -1.20. The lowest BCUT2D eigenvalue weighted by Gasteiger charge is -2.18. The fourth-order valence-corrected chi connectivity index (χ4v) is 5.60. The number of rotatable bonds is 41. The maximum Gasteiger partial charge on any atom is 0.306 e. The number of carbonyl (C=O) groups is 3. The van der Waals surface area contributed by atoms with Gasteiger partial charge in [-0.1, -0.05) is 246 Å². The molecule has 0 spiro atoms. The molecular weight excluding hydrogens is 853 g/mol. The molecule has 0 amide bonds. The molecule has 0 N–H and O–H groups in total. The van der Waals surface area contributed by atoms with Crippen molar-refractivity contribution in [2.45, 2.75) is 142 Å². The molecule has 0 aliphatic rings. The summed E-state index contributed by atoms with van der Waals surface area (Å²) in [7, 11) is 0. The van der Waals surface area contributed by atoms with E-state index >= 15 is 0 Å². The minimum atomic E-state index is -0.882. The monoisotopic (exact) mass is 939 g/mol. The molecule has 0 radical (unpaired) electrons. The lowest BCUT2D eigenvalue weighted by Crippen LogP contribution is -2.30. The lowest BCUT2D eigenvalue weighted by molar-refractivity contribution is -0.166. The van der Waals surface area contributed by atoms with E-state index in [-0.39, 0.29) is 38.4 Å². The molecule has 374 valence electrons. The van der Waals surface area contributed by atoms with Crippen molar-refractivity contribution >= 4 is 17.9 Å². The van der Waals surface area contributed by atoms with Crippen LogP contribution in [-0.2, 0) is 28.6 Å². The highest BCUT2D eigenvalue weighted by molar-refractivity contribution is 5.71. The van der Waals surface area contributed by atoms with Gasteiger partial charge in [-0.15, -0.1) is 0 Å². The van der Waals surface area contributed by atoms with Crippen molar-refractivity contribution in [2.75, 3.05) is 13.2 Å². The van der Waals surface area contributed by atoms with Crippen molar-refractivity contribution in [1.29, 1.82) is 0 Å². The second-order valence-corrected chi connectivity index (χ2v) is 15.5. The summed E-state index contributed by atoms with van der Waals surface area (Å²) in [6.45, 7) is 6.01. The molecule has 6 nitrogen and oxygen atoms in total. The third-order valence-corrected chi connectivity index (χ3v) is 9.29. The zero-order valence-electron chi connectivity index (χ0n) is 42.5. The minimum Gasteiger partial charge on any atom is -0.462 e. The number of allylic oxidation sites excluding steroid dienone is 36. The summed E-state index contributed by atoms with van der Waals surface area (Å²) in [6.07, 6.45) is 86.5. The van der Waals surface area contributed by atoms with Crippen molar-refractivity contribution in [1.82, 2.24) is 0 Å². The number of ether oxygens (including phenoxy) is 3. The Morgan fingerprint density at radius 3 is 1.04 bits per heavy atom. The van der Waals surface area contributed by atoms with E-state index in [4.69, 9.17) is 14.2 Å². The fourth-order valence-electron chi connectivity index (χ4n) is 5.60. The Bertz CT molecular complexity index is 1840.